The fourth-order valence-corrected chi connectivity index (χ4v) is 6.87. The summed E-state index contributed by atoms with van der Waals surface area (Å²) in [6.07, 6.45) is 5.32. The highest BCUT2D eigenvalue weighted by Gasteiger charge is 2.42. The van der Waals surface area contributed by atoms with Crippen LogP contribution in [0.4, 0.5) is 22.0 Å². The van der Waals surface area contributed by atoms with E-state index in [4.69, 9.17) is 0 Å². The number of aromatic nitrogens is 4. The summed E-state index contributed by atoms with van der Waals surface area (Å²) in [5.74, 6) is 0.607. The predicted molar refractivity (Wildman–Crippen MR) is 128 cm³/mol. The first kappa shape index (κ1) is 21.9. The molecule has 13 heteroatoms. The molecule has 1 aromatic carbocycles. The molecule has 182 valence electrons. The Morgan fingerprint density at radius 2 is 1.91 bits per heavy atom. The first-order chi connectivity index (χ1) is 16.7. The van der Waals surface area contributed by atoms with Crippen LogP contribution in [0.1, 0.15) is 18.4 Å². The second-order valence-electron chi connectivity index (χ2n) is 9.29. The first-order valence-corrected chi connectivity index (χ1v) is 12.8. The number of likely N-dealkylation sites (tertiary alicyclic amines) is 1. The highest BCUT2D eigenvalue weighted by atomic mass is 32.2. The normalized spacial score (nSPS) is 22.9. The second kappa shape index (κ2) is 7.71. The SMILES string of the molecule is Cc1c(NC(=O)CN2CC3CC[C@@H](C2)N3c2ncnc3c2ncn3C)ccc2c1S(=O)(=O)C(=O)N2. The lowest BCUT2D eigenvalue weighted by Gasteiger charge is -2.41. The van der Waals surface area contributed by atoms with Crippen molar-refractivity contribution in [2.45, 2.75) is 36.7 Å². The van der Waals surface area contributed by atoms with Gasteiger partial charge >= 0.3 is 5.24 Å². The summed E-state index contributed by atoms with van der Waals surface area (Å²) in [6.45, 7) is 3.19. The molecule has 0 radical (unpaired) electrons. The molecule has 0 spiro atoms. The van der Waals surface area contributed by atoms with E-state index in [0.717, 1.165) is 29.8 Å². The topological polar surface area (TPSA) is 142 Å². The molecule has 12 nitrogen and oxygen atoms in total. The van der Waals surface area contributed by atoms with E-state index in [2.05, 4.69) is 35.4 Å². The van der Waals surface area contributed by atoms with E-state index in [1.807, 2.05) is 11.6 Å². The third-order valence-corrected chi connectivity index (χ3v) is 8.73. The van der Waals surface area contributed by atoms with Gasteiger partial charge in [-0.1, -0.05) is 0 Å². The molecule has 0 saturated carbocycles. The zero-order valence-corrected chi connectivity index (χ0v) is 20.0. The van der Waals surface area contributed by atoms with Crippen LogP contribution >= 0.6 is 0 Å². The lowest BCUT2D eigenvalue weighted by atomic mass is 10.1. The van der Waals surface area contributed by atoms with Crippen molar-refractivity contribution < 1.29 is 18.0 Å². The van der Waals surface area contributed by atoms with Crippen molar-refractivity contribution in [3.63, 3.8) is 0 Å². The van der Waals surface area contributed by atoms with Crippen LogP contribution in [0.2, 0.25) is 0 Å². The third-order valence-electron chi connectivity index (χ3n) is 7.08. The zero-order valence-electron chi connectivity index (χ0n) is 19.2. The minimum absolute atomic E-state index is 0.0716. The van der Waals surface area contributed by atoms with Crippen LogP contribution in [0.3, 0.4) is 0 Å². The number of fused-ring (bicyclic) bond motifs is 4. The van der Waals surface area contributed by atoms with Gasteiger partial charge in [0.25, 0.3) is 9.84 Å². The van der Waals surface area contributed by atoms with Gasteiger partial charge in [-0.15, -0.1) is 0 Å². The van der Waals surface area contributed by atoms with Crippen LogP contribution < -0.4 is 15.5 Å². The number of amides is 2. The van der Waals surface area contributed by atoms with E-state index in [1.165, 1.54) is 6.07 Å². The van der Waals surface area contributed by atoms with Crippen LogP contribution in [-0.4, -0.2) is 75.7 Å². The molecule has 5 heterocycles. The fraction of sp³-hybridized carbons (Fsp3) is 0.409. The van der Waals surface area contributed by atoms with Crippen LogP contribution in [0.15, 0.2) is 29.7 Å². The molecule has 2 amide bonds. The average molecular weight is 497 g/mol. The Bertz CT molecular complexity index is 1490. The van der Waals surface area contributed by atoms with Gasteiger partial charge in [0.05, 0.1) is 18.6 Å². The van der Waals surface area contributed by atoms with Gasteiger partial charge in [-0.05, 0) is 37.5 Å². The number of carbonyl (C=O) groups excluding carboxylic acids is 2. The van der Waals surface area contributed by atoms with E-state index >= 15 is 0 Å². The molecule has 1 unspecified atom stereocenters. The summed E-state index contributed by atoms with van der Waals surface area (Å²) in [5, 5.41) is 4.14. The number of rotatable bonds is 4. The Kier molecular flexibility index (Phi) is 4.83. The van der Waals surface area contributed by atoms with Crippen LogP contribution in [0.5, 0.6) is 0 Å². The number of hydrogen-bond acceptors (Lipinski definition) is 9. The summed E-state index contributed by atoms with van der Waals surface area (Å²) in [7, 11) is -2.18. The standard InChI is InChI=1S/C22H24N8O4S/c1-12-15(5-6-16-19(12)35(33,34)22(32)27-16)26-17(31)9-29-7-13-3-4-14(8-29)30(13)21-18-20(23-10-24-21)28(2)11-25-18/h5-6,10-11,13-14H,3-4,7-9H2,1-2H3,(H,26,31)(H,27,32)/t13-,14?/m0/s1. The molecule has 3 aliphatic rings. The van der Waals surface area contributed by atoms with Crippen molar-refractivity contribution in [1.29, 1.82) is 0 Å². The molecule has 2 N–H and O–H groups in total. The number of nitrogens with one attached hydrogen (secondary N) is 2. The van der Waals surface area contributed by atoms with Crippen molar-refractivity contribution >= 4 is 49.3 Å². The van der Waals surface area contributed by atoms with Gasteiger partial charge in [0.2, 0.25) is 5.91 Å². The smallest absolute Gasteiger partial charge is 0.345 e. The van der Waals surface area contributed by atoms with Gasteiger partial charge in [0.15, 0.2) is 17.0 Å². The molecule has 2 fully saturated rings. The molecule has 6 rings (SSSR count). The van der Waals surface area contributed by atoms with Crippen molar-refractivity contribution in [3.8, 4) is 0 Å². The molecule has 2 aromatic heterocycles. The van der Waals surface area contributed by atoms with Crippen molar-refractivity contribution in [2.24, 2.45) is 7.05 Å². The number of piperazine rings is 1. The van der Waals surface area contributed by atoms with Gasteiger partial charge < -0.3 is 20.1 Å². The number of imidazole rings is 1. The molecular weight excluding hydrogens is 472 g/mol. The monoisotopic (exact) mass is 496 g/mol. The molecular formula is C22H24N8O4S. The van der Waals surface area contributed by atoms with E-state index in [0.29, 0.717) is 24.3 Å². The Morgan fingerprint density at radius 1 is 1.17 bits per heavy atom. The van der Waals surface area contributed by atoms with Gasteiger partial charge in [-0.2, -0.15) is 0 Å². The summed E-state index contributed by atoms with van der Waals surface area (Å²) in [6, 6.07) is 3.54. The maximum Gasteiger partial charge on any atom is 0.345 e. The lowest BCUT2D eigenvalue weighted by molar-refractivity contribution is -0.117. The van der Waals surface area contributed by atoms with Crippen molar-refractivity contribution in [2.75, 3.05) is 35.2 Å². The molecule has 0 aliphatic carbocycles. The van der Waals surface area contributed by atoms with Gasteiger partial charge in [-0.3, -0.25) is 14.5 Å². The number of benzene rings is 1. The number of aryl methyl sites for hydroxylation is 1. The highest BCUT2D eigenvalue weighted by Crippen LogP contribution is 2.38. The summed E-state index contributed by atoms with van der Waals surface area (Å²) >= 11 is 0. The maximum absolute atomic E-state index is 12.9. The molecule has 2 atom stereocenters. The molecule has 3 aliphatic heterocycles. The Morgan fingerprint density at radius 3 is 2.66 bits per heavy atom. The molecule has 35 heavy (non-hydrogen) atoms. The van der Waals surface area contributed by atoms with Crippen LogP contribution in [-0.2, 0) is 21.7 Å². The number of anilines is 3. The maximum atomic E-state index is 12.9. The zero-order chi connectivity index (χ0) is 24.5. The Hall–Kier alpha value is -3.58. The Labute approximate surface area is 201 Å². The van der Waals surface area contributed by atoms with Crippen molar-refractivity contribution in [1.82, 2.24) is 24.4 Å². The van der Waals surface area contributed by atoms with E-state index in [9.17, 15) is 18.0 Å². The number of carbonyl (C=O) groups is 2. The highest BCUT2D eigenvalue weighted by molar-refractivity contribution is 8.07. The quantitative estimate of drug-likeness (QED) is 0.546. The van der Waals surface area contributed by atoms with Crippen molar-refractivity contribution in [3.05, 3.63) is 30.4 Å². The lowest BCUT2D eigenvalue weighted by Crippen LogP contribution is -2.55. The minimum Gasteiger partial charge on any atom is -0.346 e. The molecule has 2 bridgehead atoms. The van der Waals surface area contributed by atoms with Gasteiger partial charge in [0, 0.05) is 37.9 Å². The van der Waals surface area contributed by atoms with E-state index in [1.54, 1.807) is 25.6 Å². The van der Waals surface area contributed by atoms with E-state index in [-0.39, 0.29) is 35.1 Å². The minimum atomic E-state index is -4.09. The molecule has 2 saturated heterocycles. The molecule has 3 aromatic rings. The average Bonchev–Trinajstić information content (AvgIpc) is 3.40. The summed E-state index contributed by atoms with van der Waals surface area (Å²) in [5.41, 5.74) is 2.55. The van der Waals surface area contributed by atoms with Crippen LogP contribution in [0.25, 0.3) is 11.2 Å². The van der Waals surface area contributed by atoms with Gasteiger partial charge in [0.1, 0.15) is 11.2 Å². The fourth-order valence-electron chi connectivity index (χ4n) is 5.52. The third kappa shape index (κ3) is 3.37. The van der Waals surface area contributed by atoms with E-state index < -0.39 is 15.1 Å². The number of sulfone groups is 1. The van der Waals surface area contributed by atoms with Gasteiger partial charge in [-0.25, -0.2) is 23.4 Å². The first-order valence-electron chi connectivity index (χ1n) is 11.4. The second-order valence-corrected chi connectivity index (χ2v) is 11.1. The number of nitrogens with zero attached hydrogens (tertiary/aromatic N) is 6. The summed E-state index contributed by atoms with van der Waals surface area (Å²) in [4.78, 5) is 42.4. The largest absolute Gasteiger partial charge is 0.346 e. The predicted octanol–water partition coefficient (Wildman–Crippen LogP) is 1.28. The summed E-state index contributed by atoms with van der Waals surface area (Å²) < 4.78 is 26.5. The Balaban J connectivity index is 1.17. The number of hydrogen-bond donors (Lipinski definition) is 2. The van der Waals surface area contributed by atoms with Crippen LogP contribution in [0, 0.1) is 6.92 Å².